The Bertz CT molecular complexity index is 1050. The number of carboxylic acid groups (broad SMARTS) is 1. The minimum atomic E-state index is -1.36. The average molecular weight is 387 g/mol. The Labute approximate surface area is 157 Å². The Morgan fingerprint density at radius 2 is 1.89 bits per heavy atom. The van der Waals surface area contributed by atoms with Crippen molar-refractivity contribution in [2.75, 3.05) is 0 Å². The summed E-state index contributed by atoms with van der Waals surface area (Å²) in [5.41, 5.74) is 0.142. The molecular formula is C17H11ClN4O5. The first-order valence-electron chi connectivity index (χ1n) is 7.56. The number of carbonyl (C=O) groups excluding carboxylic acids is 1. The highest BCUT2D eigenvalue weighted by atomic mass is 35.5. The summed E-state index contributed by atoms with van der Waals surface area (Å²) in [4.78, 5) is 38.4. The van der Waals surface area contributed by atoms with Gasteiger partial charge in [-0.3, -0.25) is 14.9 Å². The molecule has 2 aromatic carbocycles. The molecule has 3 aromatic rings. The van der Waals surface area contributed by atoms with Gasteiger partial charge in [0.15, 0.2) is 5.78 Å². The Kier molecular flexibility index (Phi) is 4.95. The summed E-state index contributed by atoms with van der Waals surface area (Å²) < 4.78 is 1.11. The standard InChI is InChI=1S/C17H11ClN4O5/c18-9-14-19-16(17(24)25)20-21(14)13-7-6-11(22(26)27)8-12(13)15(23)10-4-2-1-3-5-10/h1-8H,9H2,(H,24,25). The topological polar surface area (TPSA) is 128 Å². The molecule has 10 heteroatoms. The van der Waals surface area contributed by atoms with Crippen LogP contribution in [0.4, 0.5) is 5.69 Å². The lowest BCUT2D eigenvalue weighted by Crippen LogP contribution is -2.11. The van der Waals surface area contributed by atoms with Crippen LogP contribution in [0.15, 0.2) is 48.5 Å². The van der Waals surface area contributed by atoms with Crippen LogP contribution in [0.1, 0.15) is 32.4 Å². The van der Waals surface area contributed by atoms with E-state index in [0.717, 1.165) is 10.7 Å². The number of halogens is 1. The van der Waals surface area contributed by atoms with E-state index < -0.39 is 22.5 Å². The minimum absolute atomic E-state index is 0.0244. The fourth-order valence-corrected chi connectivity index (χ4v) is 2.64. The molecule has 9 nitrogen and oxygen atoms in total. The number of nitrogens with zero attached hydrogens (tertiary/aromatic N) is 4. The zero-order valence-corrected chi connectivity index (χ0v) is 14.3. The van der Waals surface area contributed by atoms with E-state index in [-0.39, 0.29) is 28.6 Å². The number of benzene rings is 2. The minimum Gasteiger partial charge on any atom is -0.475 e. The number of ketones is 1. The van der Waals surface area contributed by atoms with E-state index in [0.29, 0.717) is 5.56 Å². The van der Waals surface area contributed by atoms with E-state index in [4.69, 9.17) is 16.7 Å². The zero-order valence-electron chi connectivity index (χ0n) is 13.6. The van der Waals surface area contributed by atoms with Crippen molar-refractivity contribution in [1.29, 1.82) is 0 Å². The summed E-state index contributed by atoms with van der Waals surface area (Å²) in [6.45, 7) is 0. The summed E-state index contributed by atoms with van der Waals surface area (Å²) >= 11 is 5.82. The number of hydrogen-bond donors (Lipinski definition) is 1. The molecule has 0 atom stereocenters. The molecule has 1 aromatic heterocycles. The van der Waals surface area contributed by atoms with Crippen molar-refractivity contribution in [2.45, 2.75) is 5.88 Å². The van der Waals surface area contributed by atoms with Gasteiger partial charge < -0.3 is 5.11 Å². The van der Waals surface area contributed by atoms with Crippen LogP contribution in [0.25, 0.3) is 5.69 Å². The maximum Gasteiger partial charge on any atom is 0.375 e. The van der Waals surface area contributed by atoms with E-state index in [1.54, 1.807) is 30.3 Å². The quantitative estimate of drug-likeness (QED) is 0.298. The lowest BCUT2D eigenvalue weighted by Gasteiger charge is -2.10. The van der Waals surface area contributed by atoms with Crippen molar-refractivity contribution in [3.8, 4) is 5.69 Å². The highest BCUT2D eigenvalue weighted by molar-refractivity contribution is 6.17. The number of nitro groups is 1. The van der Waals surface area contributed by atoms with E-state index >= 15 is 0 Å². The fourth-order valence-electron chi connectivity index (χ4n) is 2.46. The van der Waals surface area contributed by atoms with Crippen molar-refractivity contribution >= 4 is 29.0 Å². The number of alkyl halides is 1. The second-order valence-corrected chi connectivity index (χ2v) is 5.62. The molecule has 0 spiro atoms. The van der Waals surface area contributed by atoms with Crippen LogP contribution in [0.2, 0.25) is 0 Å². The van der Waals surface area contributed by atoms with E-state index in [2.05, 4.69) is 10.1 Å². The second kappa shape index (κ2) is 7.34. The van der Waals surface area contributed by atoms with E-state index in [1.165, 1.54) is 12.1 Å². The lowest BCUT2D eigenvalue weighted by atomic mass is 10.0. The fraction of sp³-hybridized carbons (Fsp3) is 0.0588. The van der Waals surface area contributed by atoms with Gasteiger partial charge in [-0.15, -0.1) is 16.7 Å². The summed E-state index contributed by atoms with van der Waals surface area (Å²) in [7, 11) is 0. The second-order valence-electron chi connectivity index (χ2n) is 5.36. The van der Waals surface area contributed by atoms with Gasteiger partial charge in [-0.25, -0.2) is 14.5 Å². The number of nitro benzene ring substituents is 1. The van der Waals surface area contributed by atoms with Crippen LogP contribution in [0, 0.1) is 10.1 Å². The van der Waals surface area contributed by atoms with Gasteiger partial charge in [-0.1, -0.05) is 30.3 Å². The van der Waals surface area contributed by atoms with E-state index in [1.807, 2.05) is 0 Å². The molecule has 1 heterocycles. The lowest BCUT2D eigenvalue weighted by molar-refractivity contribution is -0.384. The predicted octanol–water partition coefficient (Wildman–Crippen LogP) is 2.84. The Hall–Kier alpha value is -3.59. The molecule has 27 heavy (non-hydrogen) atoms. The summed E-state index contributed by atoms with van der Waals surface area (Å²) in [6.07, 6.45) is 0. The van der Waals surface area contributed by atoms with Crippen LogP contribution >= 0.6 is 11.6 Å². The van der Waals surface area contributed by atoms with Gasteiger partial charge >= 0.3 is 5.97 Å². The molecule has 0 radical (unpaired) electrons. The number of non-ortho nitro benzene ring substituents is 1. The third kappa shape index (κ3) is 3.53. The third-order valence-corrected chi connectivity index (χ3v) is 3.92. The van der Waals surface area contributed by atoms with E-state index in [9.17, 15) is 19.7 Å². The average Bonchev–Trinajstić information content (AvgIpc) is 3.12. The maximum atomic E-state index is 12.9. The Morgan fingerprint density at radius 3 is 2.48 bits per heavy atom. The van der Waals surface area contributed by atoms with Crippen molar-refractivity contribution in [2.24, 2.45) is 0 Å². The van der Waals surface area contributed by atoms with Crippen molar-refractivity contribution in [1.82, 2.24) is 14.8 Å². The number of carbonyl (C=O) groups is 2. The van der Waals surface area contributed by atoms with Gasteiger partial charge in [-0.2, -0.15) is 0 Å². The van der Waals surface area contributed by atoms with Gasteiger partial charge in [0, 0.05) is 17.7 Å². The molecular weight excluding hydrogens is 376 g/mol. The Balaban J connectivity index is 2.23. The SMILES string of the molecule is O=C(O)c1nc(CCl)n(-c2ccc([N+](=O)[O-])cc2C(=O)c2ccccc2)n1. The van der Waals surface area contributed by atoms with Crippen LogP contribution in [-0.4, -0.2) is 36.5 Å². The van der Waals surface area contributed by atoms with Crippen LogP contribution in [0.3, 0.4) is 0 Å². The molecule has 0 unspecified atom stereocenters. The van der Waals surface area contributed by atoms with Crippen molar-refractivity contribution < 1.29 is 19.6 Å². The molecule has 1 N–H and O–H groups in total. The van der Waals surface area contributed by atoms with Gasteiger partial charge in [0.2, 0.25) is 0 Å². The largest absolute Gasteiger partial charge is 0.475 e. The smallest absolute Gasteiger partial charge is 0.375 e. The van der Waals surface area contributed by atoms with Crippen LogP contribution in [-0.2, 0) is 5.88 Å². The summed E-state index contributed by atoms with van der Waals surface area (Å²) in [5, 5.41) is 24.1. The normalized spacial score (nSPS) is 10.6. The van der Waals surface area contributed by atoms with Crippen molar-refractivity contribution in [3.63, 3.8) is 0 Å². The molecule has 0 saturated carbocycles. The zero-order chi connectivity index (χ0) is 19.6. The van der Waals surface area contributed by atoms with Gasteiger partial charge in [-0.05, 0) is 6.07 Å². The first-order valence-corrected chi connectivity index (χ1v) is 8.09. The van der Waals surface area contributed by atoms with Gasteiger partial charge in [0.05, 0.1) is 22.1 Å². The molecule has 0 aliphatic carbocycles. The molecule has 0 bridgehead atoms. The van der Waals surface area contributed by atoms with Crippen LogP contribution in [0.5, 0.6) is 0 Å². The van der Waals surface area contributed by atoms with Gasteiger partial charge in [0.25, 0.3) is 11.5 Å². The first-order chi connectivity index (χ1) is 12.9. The Morgan fingerprint density at radius 1 is 1.19 bits per heavy atom. The molecule has 0 aliphatic heterocycles. The number of aromatic carboxylic acids is 1. The predicted molar refractivity (Wildman–Crippen MR) is 94.4 cm³/mol. The number of rotatable bonds is 6. The maximum absolute atomic E-state index is 12.9. The first kappa shape index (κ1) is 18.2. The number of hydrogen-bond acceptors (Lipinski definition) is 6. The highest BCUT2D eigenvalue weighted by Crippen LogP contribution is 2.25. The molecule has 0 fully saturated rings. The monoisotopic (exact) mass is 386 g/mol. The molecule has 136 valence electrons. The molecule has 3 rings (SSSR count). The molecule has 0 aliphatic rings. The summed E-state index contributed by atoms with van der Waals surface area (Å²) in [5.74, 6) is -2.43. The summed E-state index contributed by atoms with van der Waals surface area (Å²) in [6, 6.07) is 11.8. The van der Waals surface area contributed by atoms with Crippen molar-refractivity contribution in [3.05, 3.63) is 81.4 Å². The number of aromatic nitrogens is 3. The highest BCUT2D eigenvalue weighted by Gasteiger charge is 2.23. The third-order valence-electron chi connectivity index (χ3n) is 3.68. The molecule has 0 saturated heterocycles. The number of carboxylic acids is 1. The molecule has 0 amide bonds. The van der Waals surface area contributed by atoms with Gasteiger partial charge in [0.1, 0.15) is 5.82 Å². The van der Waals surface area contributed by atoms with Crippen LogP contribution < -0.4 is 0 Å².